The van der Waals surface area contributed by atoms with Crippen molar-refractivity contribution in [2.75, 3.05) is 11.9 Å². The molecule has 1 aromatic carbocycles. The Morgan fingerprint density at radius 1 is 1.42 bits per heavy atom. The van der Waals surface area contributed by atoms with Crippen LogP contribution in [-0.4, -0.2) is 17.4 Å². The van der Waals surface area contributed by atoms with Gasteiger partial charge in [-0.3, -0.25) is 10.1 Å². The van der Waals surface area contributed by atoms with E-state index in [9.17, 15) is 4.79 Å². The van der Waals surface area contributed by atoms with Gasteiger partial charge in [-0.25, -0.2) is 4.98 Å². The van der Waals surface area contributed by atoms with Gasteiger partial charge in [0, 0.05) is 17.5 Å². The molecule has 1 aliphatic rings. The molecule has 1 amide bonds. The van der Waals surface area contributed by atoms with Crippen LogP contribution in [0.5, 0.6) is 0 Å². The molecule has 3 rings (SSSR count). The fourth-order valence-electron chi connectivity index (χ4n) is 2.20. The van der Waals surface area contributed by atoms with Gasteiger partial charge in [0.25, 0.3) is 5.91 Å². The second-order valence-electron chi connectivity index (χ2n) is 4.66. The number of hydrogen-bond donors (Lipinski definition) is 2. The van der Waals surface area contributed by atoms with Crippen LogP contribution in [0.3, 0.4) is 0 Å². The minimum Gasteiger partial charge on any atom is -0.312 e. The molecule has 0 unspecified atom stereocenters. The van der Waals surface area contributed by atoms with Crippen molar-refractivity contribution >= 4 is 22.4 Å². The monoisotopic (exact) mass is 273 g/mol. The summed E-state index contributed by atoms with van der Waals surface area (Å²) in [6.07, 6.45) is 1.03. The van der Waals surface area contributed by atoms with Crippen molar-refractivity contribution in [3.8, 4) is 0 Å². The maximum Gasteiger partial charge on any atom is 0.257 e. The van der Waals surface area contributed by atoms with Crippen LogP contribution in [0, 0.1) is 6.92 Å². The number of thiazole rings is 1. The smallest absolute Gasteiger partial charge is 0.257 e. The summed E-state index contributed by atoms with van der Waals surface area (Å²) in [6.45, 7) is 3.76. The fourth-order valence-corrected chi connectivity index (χ4v) is 2.89. The lowest BCUT2D eigenvalue weighted by molar-refractivity contribution is 0.102. The van der Waals surface area contributed by atoms with Crippen molar-refractivity contribution in [3.63, 3.8) is 0 Å². The summed E-state index contributed by atoms with van der Waals surface area (Å²) in [7, 11) is 0. The van der Waals surface area contributed by atoms with Crippen LogP contribution in [0.25, 0.3) is 0 Å². The molecule has 5 heteroatoms. The van der Waals surface area contributed by atoms with Gasteiger partial charge in [-0.2, -0.15) is 0 Å². The number of anilines is 1. The highest BCUT2D eigenvalue weighted by molar-refractivity contribution is 7.13. The molecule has 2 N–H and O–H groups in total. The Bertz CT molecular complexity index is 621. The molecule has 0 aliphatic carbocycles. The van der Waals surface area contributed by atoms with Gasteiger partial charge >= 0.3 is 0 Å². The van der Waals surface area contributed by atoms with E-state index in [0.717, 1.165) is 25.2 Å². The molecule has 4 nitrogen and oxygen atoms in total. The first-order valence-corrected chi connectivity index (χ1v) is 7.16. The van der Waals surface area contributed by atoms with Crippen LogP contribution in [0.15, 0.2) is 23.6 Å². The SMILES string of the molecule is Cc1csc(NC(=O)c2ccc3c(c2)CNCC3)n1. The van der Waals surface area contributed by atoms with Crippen molar-refractivity contribution < 1.29 is 4.79 Å². The lowest BCUT2D eigenvalue weighted by atomic mass is 9.98. The zero-order valence-electron chi connectivity index (χ0n) is 10.7. The van der Waals surface area contributed by atoms with Crippen LogP contribution >= 0.6 is 11.3 Å². The van der Waals surface area contributed by atoms with E-state index >= 15 is 0 Å². The normalized spacial score (nSPS) is 13.9. The van der Waals surface area contributed by atoms with Gasteiger partial charge in [0.2, 0.25) is 0 Å². The summed E-state index contributed by atoms with van der Waals surface area (Å²) in [5, 5.41) is 8.73. The first-order valence-electron chi connectivity index (χ1n) is 6.28. The Kier molecular flexibility index (Phi) is 3.31. The molecule has 1 aliphatic heterocycles. The number of amides is 1. The van der Waals surface area contributed by atoms with Crippen LogP contribution in [0.4, 0.5) is 5.13 Å². The van der Waals surface area contributed by atoms with E-state index in [1.807, 2.05) is 24.4 Å². The van der Waals surface area contributed by atoms with E-state index in [1.165, 1.54) is 22.5 Å². The van der Waals surface area contributed by atoms with E-state index in [-0.39, 0.29) is 5.91 Å². The van der Waals surface area contributed by atoms with Crippen molar-refractivity contribution in [1.82, 2.24) is 10.3 Å². The summed E-state index contributed by atoms with van der Waals surface area (Å²) in [6, 6.07) is 5.91. The second-order valence-corrected chi connectivity index (χ2v) is 5.52. The Hall–Kier alpha value is -1.72. The number of aryl methyl sites for hydroxylation is 1. The molecular formula is C14H15N3OS. The summed E-state index contributed by atoms with van der Waals surface area (Å²) < 4.78 is 0. The lowest BCUT2D eigenvalue weighted by Gasteiger charge is -2.17. The van der Waals surface area contributed by atoms with E-state index in [1.54, 1.807) is 0 Å². The number of benzene rings is 1. The van der Waals surface area contributed by atoms with Gasteiger partial charge in [0.05, 0.1) is 5.69 Å². The third-order valence-corrected chi connectivity index (χ3v) is 4.07. The number of nitrogens with one attached hydrogen (secondary N) is 2. The molecule has 0 bridgehead atoms. The minimum absolute atomic E-state index is 0.0947. The average Bonchev–Trinajstić information content (AvgIpc) is 2.83. The molecule has 2 heterocycles. The third kappa shape index (κ3) is 2.67. The van der Waals surface area contributed by atoms with Crippen molar-refractivity contribution in [2.24, 2.45) is 0 Å². The largest absolute Gasteiger partial charge is 0.312 e. The van der Waals surface area contributed by atoms with Crippen molar-refractivity contribution in [2.45, 2.75) is 19.9 Å². The Morgan fingerprint density at radius 3 is 3.11 bits per heavy atom. The van der Waals surface area contributed by atoms with Gasteiger partial charge in [-0.1, -0.05) is 6.07 Å². The van der Waals surface area contributed by atoms with Crippen LogP contribution in [0.2, 0.25) is 0 Å². The molecule has 19 heavy (non-hydrogen) atoms. The Labute approximate surface area is 115 Å². The standard InChI is InChI=1S/C14H15N3OS/c1-9-8-19-14(16-9)17-13(18)11-3-2-10-4-5-15-7-12(10)6-11/h2-3,6,8,15H,4-5,7H2,1H3,(H,16,17,18). The fraction of sp³-hybridized carbons (Fsp3) is 0.286. The number of fused-ring (bicyclic) bond motifs is 1. The molecule has 0 spiro atoms. The first kappa shape index (κ1) is 12.3. The molecule has 0 atom stereocenters. The van der Waals surface area contributed by atoms with Gasteiger partial charge < -0.3 is 5.32 Å². The van der Waals surface area contributed by atoms with E-state index in [4.69, 9.17) is 0 Å². The number of carbonyl (C=O) groups excluding carboxylic acids is 1. The van der Waals surface area contributed by atoms with Gasteiger partial charge in [-0.05, 0) is 43.1 Å². The minimum atomic E-state index is -0.0947. The highest BCUT2D eigenvalue weighted by Crippen LogP contribution is 2.19. The van der Waals surface area contributed by atoms with Gasteiger partial charge in [-0.15, -0.1) is 11.3 Å². The molecule has 0 saturated heterocycles. The van der Waals surface area contributed by atoms with Crippen LogP contribution < -0.4 is 10.6 Å². The average molecular weight is 273 g/mol. The number of hydrogen-bond acceptors (Lipinski definition) is 4. The van der Waals surface area contributed by atoms with Crippen LogP contribution in [-0.2, 0) is 13.0 Å². The first-order chi connectivity index (χ1) is 9.22. The van der Waals surface area contributed by atoms with E-state index < -0.39 is 0 Å². The maximum atomic E-state index is 12.1. The molecule has 1 aromatic heterocycles. The summed E-state index contributed by atoms with van der Waals surface area (Å²) in [5.74, 6) is -0.0947. The lowest BCUT2D eigenvalue weighted by Crippen LogP contribution is -2.24. The molecule has 0 saturated carbocycles. The highest BCUT2D eigenvalue weighted by Gasteiger charge is 2.13. The predicted molar refractivity (Wildman–Crippen MR) is 76.7 cm³/mol. The number of rotatable bonds is 2. The summed E-state index contributed by atoms with van der Waals surface area (Å²) in [4.78, 5) is 16.4. The van der Waals surface area contributed by atoms with Gasteiger partial charge in [0.1, 0.15) is 0 Å². The van der Waals surface area contributed by atoms with Crippen LogP contribution in [0.1, 0.15) is 27.2 Å². The molecule has 0 fully saturated rings. The molecule has 0 radical (unpaired) electrons. The number of nitrogens with zero attached hydrogens (tertiary/aromatic N) is 1. The highest BCUT2D eigenvalue weighted by atomic mass is 32.1. The van der Waals surface area contributed by atoms with E-state index in [0.29, 0.717) is 10.7 Å². The second kappa shape index (κ2) is 5.11. The van der Waals surface area contributed by atoms with Gasteiger partial charge in [0.15, 0.2) is 5.13 Å². The summed E-state index contributed by atoms with van der Waals surface area (Å²) in [5.41, 5.74) is 4.17. The summed E-state index contributed by atoms with van der Waals surface area (Å²) >= 11 is 1.45. The quantitative estimate of drug-likeness (QED) is 0.883. The number of carbonyl (C=O) groups is 1. The van der Waals surface area contributed by atoms with E-state index in [2.05, 4.69) is 21.7 Å². The topological polar surface area (TPSA) is 54.0 Å². The Balaban J connectivity index is 1.80. The maximum absolute atomic E-state index is 12.1. The van der Waals surface area contributed by atoms with Crippen molar-refractivity contribution in [3.05, 3.63) is 46.0 Å². The molecule has 2 aromatic rings. The number of aromatic nitrogens is 1. The third-order valence-electron chi connectivity index (χ3n) is 3.19. The zero-order valence-corrected chi connectivity index (χ0v) is 11.5. The van der Waals surface area contributed by atoms with Crippen molar-refractivity contribution in [1.29, 1.82) is 0 Å². The Morgan fingerprint density at radius 2 is 2.32 bits per heavy atom. The molecular weight excluding hydrogens is 258 g/mol. The predicted octanol–water partition coefficient (Wildman–Crippen LogP) is 2.35. The zero-order chi connectivity index (χ0) is 13.2. The molecule has 98 valence electrons.